The third-order valence-corrected chi connectivity index (χ3v) is 3.22. The molecule has 3 rings (SSSR count). The maximum atomic E-state index is 12.5. The molecular weight excluding hydrogens is 287 g/mol. The highest BCUT2D eigenvalue weighted by Gasteiger charge is 2.29. The minimum atomic E-state index is -4.32. The van der Waals surface area contributed by atoms with Crippen LogP contribution in [0.1, 0.15) is 16.8 Å². The summed E-state index contributed by atoms with van der Waals surface area (Å²) in [6.07, 6.45) is -2.43. The van der Waals surface area contributed by atoms with Crippen LogP contribution in [0, 0.1) is 11.8 Å². The fourth-order valence-electron chi connectivity index (χ4n) is 2.11. The van der Waals surface area contributed by atoms with Gasteiger partial charge in [-0.1, -0.05) is 5.92 Å². The summed E-state index contributed by atoms with van der Waals surface area (Å²) in [7, 11) is 0. The van der Waals surface area contributed by atoms with Crippen molar-refractivity contribution in [1.82, 2.24) is 0 Å². The van der Waals surface area contributed by atoms with Gasteiger partial charge in [-0.15, -0.1) is 0 Å². The van der Waals surface area contributed by atoms with E-state index >= 15 is 0 Å². The highest BCUT2D eigenvalue weighted by Crippen LogP contribution is 2.28. The molecule has 0 spiro atoms. The normalized spacial score (nSPS) is 11.0. The van der Waals surface area contributed by atoms with Crippen LogP contribution in [0.5, 0.6) is 0 Å². The van der Waals surface area contributed by atoms with Crippen LogP contribution in [-0.2, 0) is 6.18 Å². The Hall–Kier alpha value is -2.80. The molecule has 22 heavy (non-hydrogen) atoms. The van der Waals surface area contributed by atoms with Gasteiger partial charge in [0.2, 0.25) is 5.52 Å². The molecule has 2 aromatic heterocycles. The first-order valence-corrected chi connectivity index (χ1v) is 6.63. The van der Waals surface area contributed by atoms with Crippen LogP contribution in [0.15, 0.2) is 66.9 Å². The van der Waals surface area contributed by atoms with E-state index in [1.165, 1.54) is 12.1 Å². The fraction of sp³-hybridized carbons (Fsp3) is 0.0556. The van der Waals surface area contributed by atoms with Gasteiger partial charge in [0, 0.05) is 35.7 Å². The van der Waals surface area contributed by atoms with Gasteiger partial charge in [-0.25, -0.2) is 0 Å². The molecule has 0 atom stereocenters. The largest absolute Gasteiger partial charge is 0.416 e. The summed E-state index contributed by atoms with van der Waals surface area (Å²) in [5, 5.41) is 0. The van der Waals surface area contributed by atoms with Crippen molar-refractivity contribution in [3.8, 4) is 11.8 Å². The number of pyridine rings is 2. The number of hydrogen-bond acceptors (Lipinski definition) is 0. The van der Waals surface area contributed by atoms with Gasteiger partial charge < -0.3 is 0 Å². The van der Waals surface area contributed by atoms with E-state index in [4.69, 9.17) is 0 Å². The number of nitrogens with zero attached hydrogens (tertiary/aromatic N) is 1. The minimum absolute atomic E-state index is 0.543. The zero-order valence-electron chi connectivity index (χ0n) is 11.4. The van der Waals surface area contributed by atoms with E-state index in [9.17, 15) is 13.2 Å². The Morgan fingerprint density at radius 1 is 0.773 bits per heavy atom. The van der Waals surface area contributed by atoms with E-state index in [2.05, 4.69) is 11.8 Å². The average Bonchev–Trinajstić information content (AvgIpc) is 2.52. The van der Waals surface area contributed by atoms with Crippen LogP contribution >= 0.6 is 0 Å². The van der Waals surface area contributed by atoms with Crippen molar-refractivity contribution in [3.63, 3.8) is 0 Å². The van der Waals surface area contributed by atoms with Crippen molar-refractivity contribution in [2.45, 2.75) is 6.18 Å². The number of aromatic nitrogens is 1. The van der Waals surface area contributed by atoms with Crippen LogP contribution in [-0.4, -0.2) is 0 Å². The number of halogens is 3. The van der Waals surface area contributed by atoms with Crippen LogP contribution in [0.3, 0.4) is 0 Å². The SMILES string of the molecule is FC(F)(F)c1ccc(C#Cc2cccc3cccc[n+]23)cc1. The summed E-state index contributed by atoms with van der Waals surface area (Å²) in [6, 6.07) is 16.4. The van der Waals surface area contributed by atoms with Gasteiger partial charge in [-0.2, -0.15) is 17.6 Å². The molecule has 0 fully saturated rings. The smallest absolute Gasteiger partial charge is 0.166 e. The average molecular weight is 298 g/mol. The molecule has 3 aromatic rings. The Morgan fingerprint density at radius 3 is 2.23 bits per heavy atom. The lowest BCUT2D eigenvalue weighted by molar-refractivity contribution is -0.515. The summed E-state index contributed by atoms with van der Waals surface area (Å²) in [4.78, 5) is 0. The second kappa shape index (κ2) is 5.53. The number of fused-ring (bicyclic) bond motifs is 1. The Bertz CT molecular complexity index is 863. The van der Waals surface area contributed by atoms with Crippen molar-refractivity contribution in [3.05, 3.63) is 83.7 Å². The number of rotatable bonds is 0. The van der Waals surface area contributed by atoms with Gasteiger partial charge >= 0.3 is 6.18 Å². The molecule has 1 aromatic carbocycles. The second-order valence-electron chi connectivity index (χ2n) is 4.73. The van der Waals surface area contributed by atoms with Crippen LogP contribution in [0.2, 0.25) is 0 Å². The summed E-state index contributed by atoms with van der Waals surface area (Å²) in [5.41, 5.74) is 1.65. The molecule has 0 bridgehead atoms. The Balaban J connectivity index is 1.95. The maximum absolute atomic E-state index is 12.5. The molecule has 0 aliphatic carbocycles. The predicted molar refractivity (Wildman–Crippen MR) is 77.0 cm³/mol. The molecule has 0 unspecified atom stereocenters. The van der Waals surface area contributed by atoms with E-state index in [0.29, 0.717) is 5.56 Å². The topological polar surface area (TPSA) is 4.10 Å². The van der Waals surface area contributed by atoms with Crippen molar-refractivity contribution in [1.29, 1.82) is 0 Å². The van der Waals surface area contributed by atoms with E-state index in [-0.39, 0.29) is 0 Å². The number of hydrogen-bond donors (Lipinski definition) is 0. The molecule has 4 heteroatoms. The van der Waals surface area contributed by atoms with Crippen molar-refractivity contribution in [2.24, 2.45) is 0 Å². The Kier molecular flexibility index (Phi) is 3.56. The first-order chi connectivity index (χ1) is 10.5. The second-order valence-corrected chi connectivity index (χ2v) is 4.73. The number of benzene rings is 1. The molecule has 0 aliphatic rings. The van der Waals surface area contributed by atoms with E-state index in [0.717, 1.165) is 23.3 Å². The first kappa shape index (κ1) is 14.2. The van der Waals surface area contributed by atoms with Gasteiger partial charge in [0.1, 0.15) is 0 Å². The highest BCUT2D eigenvalue weighted by molar-refractivity contribution is 5.43. The van der Waals surface area contributed by atoms with Gasteiger partial charge in [0.15, 0.2) is 6.20 Å². The van der Waals surface area contributed by atoms with Crippen molar-refractivity contribution < 1.29 is 17.6 Å². The number of alkyl halides is 3. The molecule has 0 saturated carbocycles. The third-order valence-electron chi connectivity index (χ3n) is 3.22. The summed E-state index contributed by atoms with van der Waals surface area (Å²) >= 11 is 0. The Morgan fingerprint density at radius 2 is 1.50 bits per heavy atom. The molecule has 0 radical (unpaired) electrons. The summed E-state index contributed by atoms with van der Waals surface area (Å²) in [5.74, 6) is 5.89. The van der Waals surface area contributed by atoms with Gasteiger partial charge in [-0.05, 0) is 36.4 Å². The van der Waals surface area contributed by atoms with Crippen LogP contribution < -0.4 is 4.40 Å². The predicted octanol–water partition coefficient (Wildman–Crippen LogP) is 3.84. The summed E-state index contributed by atoms with van der Waals surface area (Å²) in [6.45, 7) is 0. The standard InChI is InChI=1S/C18H11F3N/c19-18(20,21)15-10-7-14(8-11-15)9-12-17-6-3-5-16-4-1-2-13-22(16)17/h1-8,10-11,13H/q+1. The lowest BCUT2D eigenvalue weighted by atomic mass is 10.1. The van der Waals surface area contributed by atoms with E-state index in [1.54, 1.807) is 0 Å². The molecule has 0 N–H and O–H groups in total. The van der Waals surface area contributed by atoms with Crippen molar-refractivity contribution in [2.75, 3.05) is 0 Å². The maximum Gasteiger partial charge on any atom is 0.416 e. The van der Waals surface area contributed by atoms with Gasteiger partial charge in [0.05, 0.1) is 5.56 Å². The molecule has 1 nitrogen and oxygen atoms in total. The van der Waals surface area contributed by atoms with Crippen LogP contribution in [0.25, 0.3) is 5.52 Å². The highest BCUT2D eigenvalue weighted by atomic mass is 19.4. The fourth-order valence-corrected chi connectivity index (χ4v) is 2.11. The van der Waals surface area contributed by atoms with Gasteiger partial charge in [0.25, 0.3) is 5.69 Å². The molecule has 2 heterocycles. The van der Waals surface area contributed by atoms with E-state index < -0.39 is 11.7 Å². The Labute approximate surface area is 125 Å². The molecule has 108 valence electrons. The van der Waals surface area contributed by atoms with E-state index in [1.807, 2.05) is 47.0 Å². The lowest BCUT2D eigenvalue weighted by Crippen LogP contribution is -2.24. The monoisotopic (exact) mass is 298 g/mol. The molecule has 0 aliphatic heterocycles. The van der Waals surface area contributed by atoms with Crippen LogP contribution in [0.4, 0.5) is 13.2 Å². The molecule has 0 amide bonds. The minimum Gasteiger partial charge on any atom is -0.166 e. The van der Waals surface area contributed by atoms with Gasteiger partial charge in [-0.3, -0.25) is 0 Å². The zero-order chi connectivity index (χ0) is 15.6. The first-order valence-electron chi connectivity index (χ1n) is 6.63. The summed E-state index contributed by atoms with van der Waals surface area (Å²) < 4.78 is 39.4. The molecule has 0 saturated heterocycles. The quantitative estimate of drug-likeness (QED) is 0.438. The lowest BCUT2D eigenvalue weighted by Gasteiger charge is -2.05. The van der Waals surface area contributed by atoms with Crippen molar-refractivity contribution >= 4 is 5.52 Å². The molecular formula is C18H11F3N+. The third kappa shape index (κ3) is 2.94. The zero-order valence-corrected chi connectivity index (χ0v) is 11.4.